The number of nitrogens with zero attached hydrogens (tertiary/aromatic N) is 2. The van der Waals surface area contributed by atoms with Crippen LogP contribution < -0.4 is 16.0 Å². The minimum atomic E-state index is 0.0338. The Morgan fingerprint density at radius 2 is 2.00 bits per heavy atom. The smallest absolute Gasteiger partial charge is 0.226 e. The zero-order valence-electron chi connectivity index (χ0n) is 16.5. The number of hydrogen-bond donors (Lipinski definition) is 3. The van der Waals surface area contributed by atoms with Crippen molar-refractivity contribution in [3.05, 3.63) is 41.8 Å². The van der Waals surface area contributed by atoms with Gasteiger partial charge in [-0.15, -0.1) is 0 Å². The Kier molecular flexibility index (Phi) is 7.85. The highest BCUT2D eigenvalue weighted by Crippen LogP contribution is 2.18. The molecule has 27 heavy (non-hydrogen) atoms. The standard InChI is InChI=1S/C20H29N5O2/c1-5-15(3)24-18(26)10-11-22-20(21-4)23-12-17-13-27-19(25-17)16-8-6-14(2)7-9-16/h6-9,13,15H,5,10-12H2,1-4H3,(H,24,26)(H2,21,22,23). The topological polar surface area (TPSA) is 91.5 Å². The molecule has 0 aliphatic carbocycles. The Bertz CT molecular complexity index is 752. The average Bonchev–Trinajstić information content (AvgIpc) is 3.13. The third kappa shape index (κ3) is 6.77. The van der Waals surface area contributed by atoms with Crippen LogP contribution in [0, 0.1) is 6.92 Å². The number of aromatic nitrogens is 1. The molecule has 1 heterocycles. The fourth-order valence-electron chi connectivity index (χ4n) is 2.36. The fourth-order valence-corrected chi connectivity index (χ4v) is 2.36. The fraction of sp³-hybridized carbons (Fsp3) is 0.450. The monoisotopic (exact) mass is 371 g/mol. The molecule has 146 valence electrons. The molecule has 1 amide bonds. The van der Waals surface area contributed by atoms with E-state index in [4.69, 9.17) is 4.42 Å². The van der Waals surface area contributed by atoms with Crippen molar-refractivity contribution in [2.45, 2.75) is 46.2 Å². The zero-order chi connectivity index (χ0) is 19.6. The molecule has 1 unspecified atom stereocenters. The molecule has 0 fully saturated rings. The molecule has 0 saturated carbocycles. The van der Waals surface area contributed by atoms with E-state index in [0.717, 1.165) is 17.7 Å². The van der Waals surface area contributed by atoms with Crippen molar-refractivity contribution in [1.29, 1.82) is 0 Å². The van der Waals surface area contributed by atoms with Gasteiger partial charge in [0.2, 0.25) is 11.8 Å². The molecule has 0 spiro atoms. The summed E-state index contributed by atoms with van der Waals surface area (Å²) in [5.41, 5.74) is 2.92. The molecule has 2 rings (SSSR count). The minimum Gasteiger partial charge on any atom is -0.444 e. The van der Waals surface area contributed by atoms with Crippen LogP contribution in [0.2, 0.25) is 0 Å². The Morgan fingerprint density at radius 3 is 2.67 bits per heavy atom. The molecular formula is C20H29N5O2. The Balaban J connectivity index is 1.77. The van der Waals surface area contributed by atoms with Crippen LogP contribution >= 0.6 is 0 Å². The first-order valence-electron chi connectivity index (χ1n) is 9.27. The predicted octanol–water partition coefficient (Wildman–Crippen LogP) is 2.62. The van der Waals surface area contributed by atoms with E-state index in [9.17, 15) is 4.79 Å². The van der Waals surface area contributed by atoms with Crippen molar-refractivity contribution < 1.29 is 9.21 Å². The molecule has 0 aliphatic rings. The van der Waals surface area contributed by atoms with Gasteiger partial charge in [-0.2, -0.15) is 0 Å². The van der Waals surface area contributed by atoms with E-state index in [0.29, 0.717) is 31.4 Å². The van der Waals surface area contributed by atoms with Crippen molar-refractivity contribution in [1.82, 2.24) is 20.9 Å². The molecule has 2 aromatic rings. The number of aliphatic imine (C=N–C) groups is 1. The number of benzene rings is 1. The molecule has 0 saturated heterocycles. The summed E-state index contributed by atoms with van der Waals surface area (Å²) in [4.78, 5) is 20.4. The van der Waals surface area contributed by atoms with Gasteiger partial charge in [-0.3, -0.25) is 9.79 Å². The maximum atomic E-state index is 11.8. The molecule has 1 aromatic carbocycles. The lowest BCUT2D eigenvalue weighted by molar-refractivity contribution is -0.121. The molecule has 1 atom stereocenters. The van der Waals surface area contributed by atoms with Gasteiger partial charge in [0.25, 0.3) is 0 Å². The number of amides is 1. The van der Waals surface area contributed by atoms with E-state index in [1.807, 2.05) is 45.0 Å². The van der Waals surface area contributed by atoms with E-state index < -0.39 is 0 Å². The molecule has 1 aromatic heterocycles. The van der Waals surface area contributed by atoms with Crippen molar-refractivity contribution in [2.24, 2.45) is 4.99 Å². The highest BCUT2D eigenvalue weighted by molar-refractivity contribution is 5.81. The van der Waals surface area contributed by atoms with Crippen molar-refractivity contribution >= 4 is 11.9 Å². The van der Waals surface area contributed by atoms with Gasteiger partial charge in [0.1, 0.15) is 6.26 Å². The summed E-state index contributed by atoms with van der Waals surface area (Å²) in [5, 5.41) is 9.24. The first-order valence-corrected chi connectivity index (χ1v) is 9.27. The number of oxazole rings is 1. The van der Waals surface area contributed by atoms with Crippen LogP contribution in [0.25, 0.3) is 11.5 Å². The number of carbonyl (C=O) groups excluding carboxylic acids is 1. The number of guanidine groups is 1. The highest BCUT2D eigenvalue weighted by Gasteiger charge is 2.08. The summed E-state index contributed by atoms with van der Waals surface area (Å²) >= 11 is 0. The van der Waals surface area contributed by atoms with Gasteiger partial charge in [-0.05, 0) is 32.4 Å². The zero-order valence-corrected chi connectivity index (χ0v) is 16.5. The van der Waals surface area contributed by atoms with Crippen molar-refractivity contribution in [3.63, 3.8) is 0 Å². The molecule has 0 bridgehead atoms. The van der Waals surface area contributed by atoms with Gasteiger partial charge in [0.15, 0.2) is 5.96 Å². The van der Waals surface area contributed by atoms with Gasteiger partial charge in [0, 0.05) is 31.6 Å². The first kappa shape index (κ1) is 20.5. The summed E-state index contributed by atoms with van der Waals surface area (Å²) < 4.78 is 5.55. The van der Waals surface area contributed by atoms with Gasteiger partial charge in [0.05, 0.1) is 12.2 Å². The van der Waals surface area contributed by atoms with Crippen LogP contribution in [0.3, 0.4) is 0 Å². The van der Waals surface area contributed by atoms with Crippen LogP contribution in [0.1, 0.15) is 37.9 Å². The van der Waals surface area contributed by atoms with Gasteiger partial charge >= 0.3 is 0 Å². The number of rotatable bonds is 8. The lowest BCUT2D eigenvalue weighted by Crippen LogP contribution is -2.40. The van der Waals surface area contributed by atoms with Crippen LogP contribution in [0.5, 0.6) is 0 Å². The second kappa shape index (κ2) is 10.4. The molecule has 0 aliphatic heterocycles. The SMILES string of the molecule is CCC(C)NC(=O)CCNC(=NC)NCc1coc(-c2ccc(C)cc2)n1. The Hall–Kier alpha value is -2.83. The van der Waals surface area contributed by atoms with Crippen LogP contribution in [-0.4, -0.2) is 36.5 Å². The number of hydrogen-bond acceptors (Lipinski definition) is 4. The van der Waals surface area contributed by atoms with E-state index in [1.54, 1.807) is 13.3 Å². The lowest BCUT2D eigenvalue weighted by Gasteiger charge is -2.13. The molecule has 7 heteroatoms. The Labute approximate surface area is 160 Å². The minimum absolute atomic E-state index is 0.0338. The van der Waals surface area contributed by atoms with E-state index >= 15 is 0 Å². The predicted molar refractivity (Wildman–Crippen MR) is 107 cm³/mol. The summed E-state index contributed by atoms with van der Waals surface area (Å²) in [6.07, 6.45) is 2.95. The lowest BCUT2D eigenvalue weighted by atomic mass is 10.1. The van der Waals surface area contributed by atoms with Crippen molar-refractivity contribution in [3.8, 4) is 11.5 Å². The first-order chi connectivity index (χ1) is 13.0. The molecule has 0 radical (unpaired) electrons. The van der Waals surface area contributed by atoms with E-state index in [2.05, 4.69) is 25.9 Å². The van der Waals surface area contributed by atoms with Gasteiger partial charge in [-0.25, -0.2) is 4.98 Å². The van der Waals surface area contributed by atoms with E-state index in [1.165, 1.54) is 5.56 Å². The van der Waals surface area contributed by atoms with E-state index in [-0.39, 0.29) is 11.9 Å². The van der Waals surface area contributed by atoms with Crippen LogP contribution in [-0.2, 0) is 11.3 Å². The summed E-state index contributed by atoms with van der Waals surface area (Å²) in [6, 6.07) is 8.23. The quantitative estimate of drug-likeness (QED) is 0.490. The maximum absolute atomic E-state index is 11.8. The normalized spacial score (nSPS) is 12.5. The molecular weight excluding hydrogens is 342 g/mol. The number of carbonyl (C=O) groups is 1. The second-order valence-electron chi connectivity index (χ2n) is 6.49. The summed E-state index contributed by atoms with van der Waals surface area (Å²) in [6.45, 7) is 7.07. The highest BCUT2D eigenvalue weighted by atomic mass is 16.3. The molecule has 3 N–H and O–H groups in total. The Morgan fingerprint density at radius 1 is 1.26 bits per heavy atom. The summed E-state index contributed by atoms with van der Waals surface area (Å²) in [7, 11) is 1.69. The summed E-state index contributed by atoms with van der Waals surface area (Å²) in [5.74, 6) is 1.24. The van der Waals surface area contributed by atoms with Gasteiger partial charge in [-0.1, -0.05) is 24.6 Å². The number of nitrogens with one attached hydrogen (secondary N) is 3. The molecule has 7 nitrogen and oxygen atoms in total. The maximum Gasteiger partial charge on any atom is 0.226 e. The number of aryl methyl sites for hydroxylation is 1. The largest absolute Gasteiger partial charge is 0.444 e. The van der Waals surface area contributed by atoms with Gasteiger partial charge < -0.3 is 20.4 Å². The van der Waals surface area contributed by atoms with Crippen LogP contribution in [0.4, 0.5) is 0 Å². The van der Waals surface area contributed by atoms with Crippen LogP contribution in [0.15, 0.2) is 39.9 Å². The average molecular weight is 371 g/mol. The third-order valence-electron chi connectivity index (χ3n) is 4.18. The van der Waals surface area contributed by atoms with Crippen molar-refractivity contribution in [2.75, 3.05) is 13.6 Å². The third-order valence-corrected chi connectivity index (χ3v) is 4.18. The second-order valence-corrected chi connectivity index (χ2v) is 6.49.